The monoisotopic (exact) mass is 454 g/mol. The average molecular weight is 454 g/mol. The number of alkyl halides is 3. The highest BCUT2D eigenvalue weighted by atomic mass is 19.4. The van der Waals surface area contributed by atoms with Crippen LogP contribution in [0.25, 0.3) is 0 Å². The van der Waals surface area contributed by atoms with Gasteiger partial charge in [-0.05, 0) is 49.8 Å². The van der Waals surface area contributed by atoms with E-state index < -0.39 is 29.6 Å². The Kier molecular flexibility index (Phi) is 6.73. The van der Waals surface area contributed by atoms with Gasteiger partial charge in [-0.15, -0.1) is 0 Å². The lowest BCUT2D eigenvalue weighted by Gasteiger charge is -2.36. The van der Waals surface area contributed by atoms with Crippen molar-refractivity contribution in [2.45, 2.75) is 50.4 Å². The molecular weight excluding hydrogens is 425 g/mol. The predicted octanol–water partition coefficient (Wildman–Crippen LogP) is 2.60. The van der Waals surface area contributed by atoms with Crippen LogP contribution < -0.4 is 16.0 Å². The standard InChI is InChI=1S/C22H29F3N4O3/c23-22(24,25)17-10-15(4-7-18(17)28-8-9-32-13-20(28)30)27-21(31)19(11-26)29(16-5-6-16)12-14-2-1-3-14/h4,7,10,14,16,19H,1-3,5-6,8-9,11-13,26H2,(H,27,31)/t19-/m1/s1. The van der Waals surface area contributed by atoms with Crippen LogP contribution in [0.15, 0.2) is 18.2 Å². The van der Waals surface area contributed by atoms with Gasteiger partial charge in [-0.2, -0.15) is 13.2 Å². The minimum absolute atomic E-state index is 0.0321. The van der Waals surface area contributed by atoms with Gasteiger partial charge in [0.1, 0.15) is 12.6 Å². The van der Waals surface area contributed by atoms with Gasteiger partial charge in [0.15, 0.2) is 0 Å². The van der Waals surface area contributed by atoms with Crippen LogP contribution in [0.3, 0.4) is 0 Å². The fraction of sp³-hybridized carbons (Fsp3) is 0.636. The lowest BCUT2D eigenvalue weighted by atomic mass is 9.84. The zero-order valence-electron chi connectivity index (χ0n) is 17.9. The summed E-state index contributed by atoms with van der Waals surface area (Å²) >= 11 is 0. The Balaban J connectivity index is 1.53. The molecule has 1 aliphatic heterocycles. The maximum absolute atomic E-state index is 13.8. The van der Waals surface area contributed by atoms with Crippen molar-refractivity contribution in [1.29, 1.82) is 0 Å². The Morgan fingerprint density at radius 1 is 1.28 bits per heavy atom. The SMILES string of the molecule is NC[C@H](C(=O)Nc1ccc(N2CCOCC2=O)c(C(F)(F)F)c1)N(CC1CCC1)C1CC1. The maximum atomic E-state index is 13.8. The zero-order valence-corrected chi connectivity index (χ0v) is 17.9. The summed E-state index contributed by atoms with van der Waals surface area (Å²) in [7, 11) is 0. The van der Waals surface area contributed by atoms with Crippen molar-refractivity contribution in [1.82, 2.24) is 4.90 Å². The summed E-state index contributed by atoms with van der Waals surface area (Å²) < 4.78 is 46.4. The van der Waals surface area contributed by atoms with E-state index in [0.29, 0.717) is 12.0 Å². The second kappa shape index (κ2) is 9.36. The summed E-state index contributed by atoms with van der Waals surface area (Å²) in [5, 5.41) is 2.63. The second-order valence-electron chi connectivity index (χ2n) is 8.79. The number of benzene rings is 1. The largest absolute Gasteiger partial charge is 0.418 e. The minimum Gasteiger partial charge on any atom is -0.370 e. The van der Waals surface area contributed by atoms with Crippen LogP contribution in [-0.4, -0.2) is 61.6 Å². The molecule has 0 unspecified atom stereocenters. The maximum Gasteiger partial charge on any atom is 0.418 e. The van der Waals surface area contributed by atoms with E-state index in [0.717, 1.165) is 43.2 Å². The molecule has 176 valence electrons. The molecule has 7 nitrogen and oxygen atoms in total. The van der Waals surface area contributed by atoms with Gasteiger partial charge in [-0.1, -0.05) is 6.42 Å². The third-order valence-electron chi connectivity index (χ3n) is 6.48. The summed E-state index contributed by atoms with van der Waals surface area (Å²) in [5.74, 6) is -0.375. The molecule has 0 radical (unpaired) electrons. The van der Waals surface area contributed by atoms with Crippen LogP contribution in [0.4, 0.5) is 24.5 Å². The molecule has 1 saturated heterocycles. The number of carbonyl (C=O) groups is 2. The molecule has 10 heteroatoms. The molecule has 1 aromatic rings. The Morgan fingerprint density at radius 2 is 2.03 bits per heavy atom. The second-order valence-corrected chi connectivity index (χ2v) is 8.79. The first kappa shape index (κ1) is 23.0. The van der Waals surface area contributed by atoms with Gasteiger partial charge >= 0.3 is 6.18 Å². The number of morpholine rings is 1. The van der Waals surface area contributed by atoms with E-state index >= 15 is 0 Å². The van der Waals surface area contributed by atoms with Gasteiger partial charge in [-0.3, -0.25) is 14.5 Å². The number of carbonyl (C=O) groups excluding carboxylic acids is 2. The number of nitrogens with two attached hydrogens (primary N) is 1. The highest BCUT2D eigenvalue weighted by molar-refractivity contribution is 5.98. The van der Waals surface area contributed by atoms with Gasteiger partial charge in [-0.25, -0.2) is 0 Å². The van der Waals surface area contributed by atoms with E-state index in [4.69, 9.17) is 10.5 Å². The fourth-order valence-electron chi connectivity index (χ4n) is 4.38. The topological polar surface area (TPSA) is 87.9 Å². The van der Waals surface area contributed by atoms with Crippen molar-refractivity contribution in [3.63, 3.8) is 0 Å². The van der Waals surface area contributed by atoms with Crippen LogP contribution in [-0.2, 0) is 20.5 Å². The van der Waals surface area contributed by atoms with Gasteiger partial charge < -0.3 is 20.7 Å². The molecule has 2 saturated carbocycles. The molecule has 0 spiro atoms. The van der Waals surface area contributed by atoms with E-state index in [2.05, 4.69) is 10.2 Å². The normalized spacial score (nSPS) is 20.9. The molecule has 2 amide bonds. The molecule has 2 aliphatic carbocycles. The van der Waals surface area contributed by atoms with Gasteiger partial charge in [0.2, 0.25) is 5.91 Å². The molecule has 3 N–H and O–H groups in total. The van der Waals surface area contributed by atoms with Gasteiger partial charge in [0, 0.05) is 31.4 Å². The summed E-state index contributed by atoms with van der Waals surface area (Å²) in [5.41, 5.74) is 4.76. The first-order chi connectivity index (χ1) is 15.3. The van der Waals surface area contributed by atoms with Crippen LogP contribution in [0, 0.1) is 5.92 Å². The molecule has 0 aromatic heterocycles. The van der Waals surface area contributed by atoms with Crippen molar-refractivity contribution in [2.75, 3.05) is 43.1 Å². The Morgan fingerprint density at radius 3 is 2.59 bits per heavy atom. The quantitative estimate of drug-likeness (QED) is 0.631. The number of amides is 2. The number of ether oxygens (including phenoxy) is 1. The summed E-state index contributed by atoms with van der Waals surface area (Å²) in [6.45, 7) is 0.845. The highest BCUT2D eigenvalue weighted by Crippen LogP contribution is 2.39. The van der Waals surface area contributed by atoms with Crippen molar-refractivity contribution in [3.05, 3.63) is 23.8 Å². The molecule has 4 rings (SSSR count). The Labute approximate surface area is 185 Å². The molecule has 3 fully saturated rings. The predicted molar refractivity (Wildman–Crippen MR) is 113 cm³/mol. The van der Waals surface area contributed by atoms with E-state index in [9.17, 15) is 22.8 Å². The molecule has 1 aromatic carbocycles. The van der Waals surface area contributed by atoms with E-state index in [-0.39, 0.29) is 37.7 Å². The first-order valence-corrected chi connectivity index (χ1v) is 11.1. The fourth-order valence-corrected chi connectivity index (χ4v) is 4.38. The number of hydrogen-bond acceptors (Lipinski definition) is 5. The number of rotatable bonds is 8. The number of halogens is 3. The molecule has 1 atom stereocenters. The van der Waals surface area contributed by atoms with E-state index in [1.807, 2.05) is 0 Å². The van der Waals surface area contributed by atoms with Gasteiger partial charge in [0.25, 0.3) is 5.91 Å². The molecule has 1 heterocycles. The number of anilines is 2. The average Bonchev–Trinajstić information content (AvgIpc) is 3.54. The van der Waals surface area contributed by atoms with Crippen molar-refractivity contribution in [3.8, 4) is 0 Å². The third-order valence-corrected chi connectivity index (χ3v) is 6.48. The number of nitrogens with zero attached hydrogens (tertiary/aromatic N) is 2. The van der Waals surface area contributed by atoms with Crippen LogP contribution >= 0.6 is 0 Å². The van der Waals surface area contributed by atoms with Crippen LogP contribution in [0.5, 0.6) is 0 Å². The third kappa shape index (κ3) is 5.07. The molecule has 32 heavy (non-hydrogen) atoms. The number of hydrogen-bond donors (Lipinski definition) is 2. The summed E-state index contributed by atoms with van der Waals surface area (Å²) in [6.07, 6.45) is 0.804. The highest BCUT2D eigenvalue weighted by Gasteiger charge is 2.40. The van der Waals surface area contributed by atoms with E-state index in [1.54, 1.807) is 0 Å². The lowest BCUT2D eigenvalue weighted by molar-refractivity contribution is -0.137. The summed E-state index contributed by atoms with van der Waals surface area (Å²) in [6, 6.07) is 3.24. The van der Waals surface area contributed by atoms with Crippen LogP contribution in [0.1, 0.15) is 37.7 Å². The van der Waals surface area contributed by atoms with Crippen molar-refractivity contribution < 1.29 is 27.5 Å². The van der Waals surface area contributed by atoms with Crippen molar-refractivity contribution in [2.24, 2.45) is 11.7 Å². The molecule has 0 bridgehead atoms. The van der Waals surface area contributed by atoms with E-state index in [1.165, 1.54) is 18.6 Å². The smallest absolute Gasteiger partial charge is 0.370 e. The Bertz CT molecular complexity index is 855. The first-order valence-electron chi connectivity index (χ1n) is 11.1. The number of nitrogens with one attached hydrogen (secondary N) is 1. The zero-order chi connectivity index (χ0) is 22.9. The van der Waals surface area contributed by atoms with Crippen LogP contribution in [0.2, 0.25) is 0 Å². The summed E-state index contributed by atoms with van der Waals surface area (Å²) in [4.78, 5) is 28.3. The van der Waals surface area contributed by atoms with Gasteiger partial charge in [0.05, 0.1) is 17.9 Å². The minimum atomic E-state index is -4.69. The Hall–Kier alpha value is -2.17. The lowest BCUT2D eigenvalue weighted by Crippen LogP contribution is -2.51. The molecular formula is C22H29F3N4O3. The van der Waals surface area contributed by atoms with Crippen molar-refractivity contribution >= 4 is 23.2 Å². The molecule has 3 aliphatic rings.